The Morgan fingerprint density at radius 2 is 2.05 bits per heavy atom. The molecule has 0 aromatic heterocycles. The molecule has 20 heavy (non-hydrogen) atoms. The molecule has 0 amide bonds. The molecule has 1 atom stereocenters. The van der Waals surface area contributed by atoms with Gasteiger partial charge in [0, 0.05) is 6.54 Å². The molecule has 1 saturated carbocycles. The molecule has 0 spiro atoms. The second-order valence-electron chi connectivity index (χ2n) is 5.04. The number of aliphatic hydroxyl groups excluding tert-OH is 1. The molecule has 2 rings (SSSR count). The van der Waals surface area contributed by atoms with Crippen LogP contribution in [-0.2, 0) is 10.0 Å². The second kappa shape index (κ2) is 6.39. The Morgan fingerprint density at radius 3 is 2.70 bits per heavy atom. The SMILES string of the molecule is O=S(=O)(NCC(O)C1CCCC1)c1cc(F)ccc1Cl. The lowest BCUT2D eigenvalue weighted by Gasteiger charge is -2.18. The van der Waals surface area contributed by atoms with Crippen molar-refractivity contribution >= 4 is 21.6 Å². The number of sulfonamides is 1. The zero-order chi connectivity index (χ0) is 14.8. The van der Waals surface area contributed by atoms with Gasteiger partial charge < -0.3 is 5.11 Å². The van der Waals surface area contributed by atoms with Gasteiger partial charge in [-0.3, -0.25) is 0 Å². The van der Waals surface area contributed by atoms with Gasteiger partial charge in [-0.1, -0.05) is 24.4 Å². The van der Waals surface area contributed by atoms with Crippen molar-refractivity contribution in [3.05, 3.63) is 29.0 Å². The van der Waals surface area contributed by atoms with Crippen LogP contribution in [-0.4, -0.2) is 26.2 Å². The number of benzene rings is 1. The van der Waals surface area contributed by atoms with E-state index in [4.69, 9.17) is 11.6 Å². The molecular weight excluding hydrogens is 305 g/mol. The summed E-state index contributed by atoms with van der Waals surface area (Å²) in [5.74, 6) is -0.549. The van der Waals surface area contributed by atoms with Gasteiger partial charge in [0.1, 0.15) is 10.7 Å². The van der Waals surface area contributed by atoms with E-state index in [2.05, 4.69) is 4.72 Å². The first-order chi connectivity index (χ1) is 9.40. The highest BCUT2D eigenvalue weighted by atomic mass is 35.5. The monoisotopic (exact) mass is 321 g/mol. The van der Waals surface area contributed by atoms with Crippen molar-refractivity contribution in [1.82, 2.24) is 4.72 Å². The van der Waals surface area contributed by atoms with Crippen LogP contribution in [0.25, 0.3) is 0 Å². The molecule has 4 nitrogen and oxygen atoms in total. The van der Waals surface area contributed by atoms with Crippen LogP contribution >= 0.6 is 11.6 Å². The predicted octanol–water partition coefficient (Wildman–Crippen LogP) is 2.31. The van der Waals surface area contributed by atoms with E-state index < -0.39 is 21.9 Å². The lowest BCUT2D eigenvalue weighted by atomic mass is 10.0. The van der Waals surface area contributed by atoms with E-state index in [1.54, 1.807) is 0 Å². The van der Waals surface area contributed by atoms with Gasteiger partial charge in [-0.2, -0.15) is 0 Å². The van der Waals surface area contributed by atoms with Crippen molar-refractivity contribution in [2.75, 3.05) is 6.54 Å². The molecule has 7 heteroatoms. The summed E-state index contributed by atoms with van der Waals surface area (Å²) in [4.78, 5) is -0.308. The Balaban J connectivity index is 2.05. The molecular formula is C13H17ClFNO3S. The summed E-state index contributed by atoms with van der Waals surface area (Å²) in [6.45, 7) is -0.0835. The molecule has 0 heterocycles. The van der Waals surface area contributed by atoms with E-state index in [9.17, 15) is 17.9 Å². The number of hydrogen-bond acceptors (Lipinski definition) is 3. The van der Waals surface area contributed by atoms with Gasteiger partial charge in [0.05, 0.1) is 11.1 Å². The average Bonchev–Trinajstić information content (AvgIpc) is 2.93. The number of nitrogens with one attached hydrogen (secondary N) is 1. The van der Waals surface area contributed by atoms with Gasteiger partial charge in [-0.15, -0.1) is 0 Å². The van der Waals surface area contributed by atoms with Crippen LogP contribution in [0.15, 0.2) is 23.1 Å². The Kier molecular flexibility index (Phi) is 5.01. The molecule has 1 aliphatic carbocycles. The van der Waals surface area contributed by atoms with Crippen LogP contribution in [0.3, 0.4) is 0 Å². The van der Waals surface area contributed by atoms with E-state index in [-0.39, 0.29) is 22.4 Å². The van der Waals surface area contributed by atoms with E-state index in [0.717, 1.165) is 37.8 Å². The van der Waals surface area contributed by atoms with Gasteiger partial charge in [-0.05, 0) is 37.0 Å². The minimum atomic E-state index is -3.92. The highest BCUT2D eigenvalue weighted by molar-refractivity contribution is 7.89. The minimum absolute atomic E-state index is 0.0470. The predicted molar refractivity (Wildman–Crippen MR) is 74.6 cm³/mol. The first kappa shape index (κ1) is 15.7. The fraction of sp³-hybridized carbons (Fsp3) is 0.538. The Morgan fingerprint density at radius 1 is 1.40 bits per heavy atom. The Hall–Kier alpha value is -0.690. The van der Waals surface area contributed by atoms with Crippen LogP contribution in [0.1, 0.15) is 25.7 Å². The quantitative estimate of drug-likeness (QED) is 0.874. The summed E-state index contributed by atoms with van der Waals surface area (Å²) in [5, 5.41) is 9.90. The summed E-state index contributed by atoms with van der Waals surface area (Å²) in [6, 6.07) is 3.15. The first-order valence-corrected chi connectivity index (χ1v) is 8.39. The van der Waals surface area contributed by atoms with E-state index in [0.29, 0.717) is 0 Å². The highest BCUT2D eigenvalue weighted by Gasteiger charge is 2.26. The van der Waals surface area contributed by atoms with E-state index >= 15 is 0 Å². The third-order valence-electron chi connectivity index (χ3n) is 3.61. The van der Waals surface area contributed by atoms with Gasteiger partial charge in [0.25, 0.3) is 0 Å². The largest absolute Gasteiger partial charge is 0.391 e. The molecule has 1 unspecified atom stereocenters. The zero-order valence-corrected chi connectivity index (χ0v) is 12.4. The van der Waals surface area contributed by atoms with Crippen LogP contribution in [0.5, 0.6) is 0 Å². The molecule has 0 saturated heterocycles. The Bertz CT molecular complexity index is 573. The van der Waals surface area contributed by atoms with Crippen molar-refractivity contribution in [2.24, 2.45) is 5.92 Å². The Labute approximate surface area is 123 Å². The topological polar surface area (TPSA) is 66.4 Å². The lowest BCUT2D eigenvalue weighted by molar-refractivity contribution is 0.115. The van der Waals surface area contributed by atoms with Crippen LogP contribution in [0, 0.1) is 11.7 Å². The number of aliphatic hydroxyl groups is 1. The normalized spacial score (nSPS) is 18.4. The molecule has 0 bridgehead atoms. The molecule has 1 aromatic carbocycles. The standard InChI is InChI=1S/C13H17ClFNO3S/c14-11-6-5-10(15)7-13(11)20(18,19)16-8-12(17)9-3-1-2-4-9/h5-7,9,12,16-17H,1-4,8H2. The average molecular weight is 322 g/mol. The van der Waals surface area contributed by atoms with Crippen molar-refractivity contribution in [3.63, 3.8) is 0 Å². The molecule has 1 fully saturated rings. The minimum Gasteiger partial charge on any atom is -0.391 e. The maximum Gasteiger partial charge on any atom is 0.242 e. The van der Waals surface area contributed by atoms with Crippen molar-refractivity contribution < 1.29 is 17.9 Å². The lowest BCUT2D eigenvalue weighted by Crippen LogP contribution is -2.35. The third-order valence-corrected chi connectivity index (χ3v) is 5.51. The zero-order valence-electron chi connectivity index (χ0n) is 10.9. The second-order valence-corrected chi connectivity index (χ2v) is 7.18. The van der Waals surface area contributed by atoms with Crippen molar-refractivity contribution in [1.29, 1.82) is 0 Å². The summed E-state index contributed by atoms with van der Waals surface area (Å²) >= 11 is 5.77. The number of halogens is 2. The number of rotatable bonds is 5. The summed E-state index contributed by atoms with van der Waals surface area (Å²) in [6.07, 6.45) is 3.21. The third kappa shape index (κ3) is 3.69. The fourth-order valence-corrected chi connectivity index (χ4v) is 4.03. The maximum absolute atomic E-state index is 13.1. The van der Waals surface area contributed by atoms with E-state index in [1.807, 2.05) is 0 Å². The van der Waals surface area contributed by atoms with Crippen LogP contribution in [0.4, 0.5) is 4.39 Å². The van der Waals surface area contributed by atoms with Crippen molar-refractivity contribution in [3.8, 4) is 0 Å². The van der Waals surface area contributed by atoms with Gasteiger partial charge in [-0.25, -0.2) is 17.5 Å². The van der Waals surface area contributed by atoms with Gasteiger partial charge >= 0.3 is 0 Å². The van der Waals surface area contributed by atoms with Gasteiger partial charge in [0.2, 0.25) is 10.0 Å². The summed E-state index contributed by atoms with van der Waals surface area (Å²) in [7, 11) is -3.92. The summed E-state index contributed by atoms with van der Waals surface area (Å²) < 4.78 is 39.5. The smallest absolute Gasteiger partial charge is 0.242 e. The number of hydrogen-bond donors (Lipinski definition) is 2. The van der Waals surface area contributed by atoms with Crippen LogP contribution in [0.2, 0.25) is 5.02 Å². The van der Waals surface area contributed by atoms with E-state index in [1.165, 1.54) is 6.07 Å². The van der Waals surface area contributed by atoms with Crippen molar-refractivity contribution in [2.45, 2.75) is 36.7 Å². The molecule has 2 N–H and O–H groups in total. The molecule has 0 aliphatic heterocycles. The molecule has 112 valence electrons. The fourth-order valence-electron chi connectivity index (χ4n) is 2.46. The molecule has 0 radical (unpaired) electrons. The summed E-state index contributed by atoms with van der Waals surface area (Å²) in [5.41, 5.74) is 0. The van der Waals surface area contributed by atoms with Crippen LogP contribution < -0.4 is 4.72 Å². The molecule has 1 aliphatic rings. The highest BCUT2D eigenvalue weighted by Crippen LogP contribution is 2.28. The van der Waals surface area contributed by atoms with Gasteiger partial charge in [0.15, 0.2) is 0 Å². The molecule has 1 aromatic rings. The first-order valence-electron chi connectivity index (χ1n) is 6.53. The maximum atomic E-state index is 13.1.